The number of fused-ring (bicyclic) bond motifs is 3. The fourth-order valence-corrected chi connectivity index (χ4v) is 5.36. The Balaban J connectivity index is 1.40. The largest absolute Gasteiger partial charge is 0.454 e. The molecule has 158 valence electrons. The SMILES string of the molecule is O=C1C2=C(NC(SCc3ccccc3Cl)=NC2c2ccc3c(c2)OCO3)c2ccccc21. The fraction of sp³-hybridized carbons (Fsp3) is 0.120. The van der Waals surface area contributed by atoms with Gasteiger partial charge in [0.25, 0.3) is 0 Å². The van der Waals surface area contributed by atoms with Crippen molar-refractivity contribution in [3.8, 4) is 11.5 Å². The molecule has 0 radical (unpaired) electrons. The number of nitrogens with zero attached hydrogens (tertiary/aromatic N) is 1. The smallest absolute Gasteiger partial charge is 0.231 e. The van der Waals surface area contributed by atoms with Crippen LogP contribution in [0.25, 0.3) is 5.70 Å². The second kappa shape index (κ2) is 7.73. The van der Waals surface area contributed by atoms with Crippen molar-refractivity contribution in [2.45, 2.75) is 11.8 Å². The van der Waals surface area contributed by atoms with E-state index in [0.717, 1.165) is 32.6 Å². The molecule has 0 saturated heterocycles. The predicted octanol–water partition coefficient (Wildman–Crippen LogP) is 5.61. The number of benzene rings is 3. The second-order valence-corrected chi connectivity index (χ2v) is 8.99. The lowest BCUT2D eigenvalue weighted by atomic mass is 9.95. The summed E-state index contributed by atoms with van der Waals surface area (Å²) in [4.78, 5) is 18.3. The Morgan fingerprint density at radius 1 is 1.00 bits per heavy atom. The van der Waals surface area contributed by atoms with E-state index in [2.05, 4.69) is 5.32 Å². The van der Waals surface area contributed by atoms with Gasteiger partial charge in [-0.3, -0.25) is 4.79 Å². The number of nitrogens with one attached hydrogen (secondary N) is 1. The van der Waals surface area contributed by atoms with E-state index < -0.39 is 6.04 Å². The molecule has 1 aliphatic carbocycles. The number of carbonyl (C=O) groups excluding carboxylic acids is 1. The molecular weight excluding hydrogens is 444 g/mol. The van der Waals surface area contributed by atoms with Crippen molar-refractivity contribution in [3.63, 3.8) is 0 Å². The minimum absolute atomic E-state index is 0.00432. The van der Waals surface area contributed by atoms with Gasteiger partial charge in [0.15, 0.2) is 22.4 Å². The van der Waals surface area contributed by atoms with Crippen molar-refractivity contribution >= 4 is 40.0 Å². The Bertz CT molecular complexity index is 1330. The van der Waals surface area contributed by atoms with Gasteiger partial charge in [0.05, 0.1) is 11.3 Å². The maximum atomic E-state index is 13.3. The molecule has 7 heteroatoms. The summed E-state index contributed by atoms with van der Waals surface area (Å²) in [5, 5.41) is 4.89. The summed E-state index contributed by atoms with van der Waals surface area (Å²) >= 11 is 7.91. The van der Waals surface area contributed by atoms with Crippen LogP contribution in [0.2, 0.25) is 5.02 Å². The maximum Gasteiger partial charge on any atom is 0.231 e. The van der Waals surface area contributed by atoms with Gasteiger partial charge in [-0.2, -0.15) is 0 Å². The van der Waals surface area contributed by atoms with E-state index in [-0.39, 0.29) is 12.6 Å². The van der Waals surface area contributed by atoms with Crippen molar-refractivity contribution in [2.75, 3.05) is 6.79 Å². The first-order valence-corrected chi connectivity index (χ1v) is 11.5. The van der Waals surface area contributed by atoms with Gasteiger partial charge in [0.1, 0.15) is 6.04 Å². The van der Waals surface area contributed by atoms with Crippen LogP contribution in [0, 0.1) is 0 Å². The van der Waals surface area contributed by atoms with Crippen LogP contribution in [-0.2, 0) is 5.75 Å². The summed E-state index contributed by atoms with van der Waals surface area (Å²) in [7, 11) is 0. The molecule has 1 N–H and O–H groups in total. The molecule has 0 amide bonds. The van der Waals surface area contributed by atoms with Gasteiger partial charge in [-0.25, -0.2) is 4.99 Å². The van der Waals surface area contributed by atoms with E-state index in [9.17, 15) is 4.79 Å². The van der Waals surface area contributed by atoms with Crippen LogP contribution in [0.15, 0.2) is 77.3 Å². The number of halogens is 1. The summed E-state index contributed by atoms with van der Waals surface area (Å²) in [6.45, 7) is 0.200. The molecule has 5 nitrogen and oxygen atoms in total. The lowest BCUT2D eigenvalue weighted by Gasteiger charge is -2.24. The van der Waals surface area contributed by atoms with E-state index in [0.29, 0.717) is 28.4 Å². The van der Waals surface area contributed by atoms with Crippen molar-refractivity contribution in [3.05, 3.63) is 99.6 Å². The highest BCUT2D eigenvalue weighted by atomic mass is 35.5. The van der Waals surface area contributed by atoms with Crippen molar-refractivity contribution in [1.82, 2.24) is 5.32 Å². The number of hydrogen-bond acceptors (Lipinski definition) is 6. The number of carbonyl (C=O) groups is 1. The van der Waals surface area contributed by atoms with E-state index in [1.165, 1.54) is 0 Å². The van der Waals surface area contributed by atoms with Crippen molar-refractivity contribution in [1.29, 1.82) is 0 Å². The number of aliphatic imine (C=N–C) groups is 1. The van der Waals surface area contributed by atoms with Gasteiger partial charge in [0.2, 0.25) is 6.79 Å². The zero-order chi connectivity index (χ0) is 21.7. The molecule has 3 aliphatic rings. The normalized spacial score (nSPS) is 18.2. The third kappa shape index (κ3) is 3.18. The number of thioether (sulfide) groups is 1. The Kier molecular flexibility index (Phi) is 4.70. The number of hydrogen-bond donors (Lipinski definition) is 1. The minimum Gasteiger partial charge on any atom is -0.454 e. The zero-order valence-corrected chi connectivity index (χ0v) is 18.4. The second-order valence-electron chi connectivity index (χ2n) is 7.62. The van der Waals surface area contributed by atoms with Gasteiger partial charge in [0, 0.05) is 21.9 Å². The van der Waals surface area contributed by atoms with Crippen LogP contribution in [0.4, 0.5) is 0 Å². The predicted molar refractivity (Wildman–Crippen MR) is 126 cm³/mol. The van der Waals surface area contributed by atoms with Gasteiger partial charge in [-0.15, -0.1) is 0 Å². The molecule has 0 fully saturated rings. The highest BCUT2D eigenvalue weighted by Crippen LogP contribution is 2.45. The summed E-state index contributed by atoms with van der Waals surface area (Å²) < 4.78 is 11.0. The zero-order valence-electron chi connectivity index (χ0n) is 16.8. The van der Waals surface area contributed by atoms with E-state index in [4.69, 9.17) is 26.1 Å². The van der Waals surface area contributed by atoms with Crippen LogP contribution in [0.3, 0.4) is 0 Å². The van der Waals surface area contributed by atoms with Crippen LogP contribution in [0.1, 0.15) is 33.1 Å². The number of ketones is 1. The Morgan fingerprint density at radius 3 is 2.66 bits per heavy atom. The molecule has 32 heavy (non-hydrogen) atoms. The molecule has 0 spiro atoms. The van der Waals surface area contributed by atoms with Crippen LogP contribution in [-0.4, -0.2) is 17.7 Å². The summed E-state index contributed by atoms with van der Waals surface area (Å²) in [5.74, 6) is 2.05. The molecule has 0 aromatic heterocycles. The van der Waals surface area contributed by atoms with Crippen LogP contribution >= 0.6 is 23.4 Å². The first-order chi connectivity index (χ1) is 15.7. The molecule has 3 aromatic rings. The van der Waals surface area contributed by atoms with E-state index in [1.54, 1.807) is 11.8 Å². The third-order valence-corrected chi connectivity index (χ3v) is 7.05. The molecule has 0 bridgehead atoms. The third-order valence-electron chi connectivity index (χ3n) is 5.74. The van der Waals surface area contributed by atoms with Crippen LogP contribution < -0.4 is 14.8 Å². The Labute approximate surface area is 194 Å². The first kappa shape index (κ1) is 19.5. The van der Waals surface area contributed by atoms with Gasteiger partial charge < -0.3 is 14.8 Å². The van der Waals surface area contributed by atoms with E-state index in [1.807, 2.05) is 66.7 Å². The average Bonchev–Trinajstić information content (AvgIpc) is 3.41. The van der Waals surface area contributed by atoms with Crippen molar-refractivity contribution < 1.29 is 14.3 Å². The summed E-state index contributed by atoms with van der Waals surface area (Å²) in [6, 6.07) is 20.8. The molecule has 3 aromatic carbocycles. The lowest BCUT2D eigenvalue weighted by molar-refractivity contribution is 0.103. The first-order valence-electron chi connectivity index (χ1n) is 10.2. The molecular formula is C25H17ClN2O3S. The van der Waals surface area contributed by atoms with Gasteiger partial charge >= 0.3 is 0 Å². The molecule has 1 atom stereocenters. The Hall–Kier alpha value is -3.22. The highest BCUT2D eigenvalue weighted by molar-refractivity contribution is 8.13. The number of Topliss-reactive ketones (excluding diaryl/α,β-unsaturated/α-hetero) is 1. The molecule has 2 heterocycles. The molecule has 0 saturated carbocycles. The number of rotatable bonds is 3. The number of ether oxygens (including phenoxy) is 2. The van der Waals surface area contributed by atoms with Crippen molar-refractivity contribution in [2.24, 2.45) is 4.99 Å². The molecule has 6 rings (SSSR count). The molecule has 1 unspecified atom stereocenters. The minimum atomic E-state index is -0.436. The number of amidine groups is 1. The highest BCUT2D eigenvalue weighted by Gasteiger charge is 2.38. The quantitative estimate of drug-likeness (QED) is 0.550. The maximum absolute atomic E-state index is 13.3. The monoisotopic (exact) mass is 460 g/mol. The van der Waals surface area contributed by atoms with Crippen LogP contribution in [0.5, 0.6) is 11.5 Å². The molecule has 2 aliphatic heterocycles. The van der Waals surface area contributed by atoms with E-state index >= 15 is 0 Å². The fourth-order valence-electron chi connectivity index (χ4n) is 4.18. The van der Waals surface area contributed by atoms with Gasteiger partial charge in [-0.05, 0) is 29.3 Å². The summed E-state index contributed by atoms with van der Waals surface area (Å²) in [6.07, 6.45) is 0. The topological polar surface area (TPSA) is 59.9 Å². The summed E-state index contributed by atoms with van der Waals surface area (Å²) in [5.41, 5.74) is 5.01. The van der Waals surface area contributed by atoms with Gasteiger partial charge in [-0.1, -0.05) is 71.9 Å². The average molecular weight is 461 g/mol. The lowest BCUT2D eigenvalue weighted by Crippen LogP contribution is -2.27. The standard InChI is InChI=1S/C25H17ClN2O3S/c26-18-8-4-1-5-15(18)12-32-25-27-22(14-9-10-19-20(11-14)31-13-30-19)21-23(28-25)16-6-2-3-7-17(16)24(21)29/h1-11,22H,12-13H2,(H,27,28). The Morgan fingerprint density at radius 2 is 1.78 bits per heavy atom.